The quantitative estimate of drug-likeness (QED) is 0.334. The summed E-state index contributed by atoms with van der Waals surface area (Å²) >= 11 is 0. The van der Waals surface area contributed by atoms with Crippen LogP contribution in [0.4, 0.5) is 23.0 Å². The van der Waals surface area contributed by atoms with Crippen molar-refractivity contribution in [2.45, 2.75) is 6.92 Å². The number of carbonyl (C=O) groups is 1. The summed E-state index contributed by atoms with van der Waals surface area (Å²) in [6.07, 6.45) is 0. The minimum Gasteiger partial charge on any atom is -0.382 e. The Kier molecular flexibility index (Phi) is 5.57. The lowest BCUT2D eigenvalue weighted by Crippen LogP contribution is -2.14. The van der Waals surface area contributed by atoms with Crippen molar-refractivity contribution < 1.29 is 4.79 Å². The van der Waals surface area contributed by atoms with E-state index in [9.17, 15) is 10.1 Å². The fourth-order valence-corrected chi connectivity index (χ4v) is 3.77. The van der Waals surface area contributed by atoms with E-state index in [-0.39, 0.29) is 28.4 Å². The highest BCUT2D eigenvalue weighted by atomic mass is 16.1. The zero-order valence-corrected chi connectivity index (χ0v) is 18.9. The van der Waals surface area contributed by atoms with Crippen molar-refractivity contribution in [3.8, 4) is 17.3 Å². The van der Waals surface area contributed by atoms with Gasteiger partial charge in [0.25, 0.3) is 5.91 Å². The van der Waals surface area contributed by atoms with Crippen LogP contribution in [-0.4, -0.2) is 20.5 Å². The van der Waals surface area contributed by atoms with E-state index in [0.717, 1.165) is 11.3 Å². The molecule has 2 aromatic heterocycles. The maximum Gasteiger partial charge on any atom is 0.263 e. The van der Waals surface area contributed by atoms with Gasteiger partial charge in [0.05, 0.1) is 5.69 Å². The molecule has 1 amide bonds. The highest BCUT2D eigenvalue weighted by Gasteiger charge is 2.26. The van der Waals surface area contributed by atoms with Gasteiger partial charge in [-0.1, -0.05) is 66.2 Å². The summed E-state index contributed by atoms with van der Waals surface area (Å²) in [5, 5.41) is 20.5. The number of nitrogens with one attached hydrogen (secondary N) is 2. The van der Waals surface area contributed by atoms with E-state index in [1.165, 1.54) is 4.52 Å². The van der Waals surface area contributed by atoms with Crippen LogP contribution in [0, 0.1) is 18.3 Å². The molecule has 5 rings (SSSR count). The molecule has 0 aliphatic carbocycles. The van der Waals surface area contributed by atoms with Crippen LogP contribution in [0.15, 0.2) is 84.9 Å². The number of para-hydroxylation sites is 1. The summed E-state index contributed by atoms with van der Waals surface area (Å²) in [5.74, 6) is -0.0335. The molecule has 5 aromatic rings. The van der Waals surface area contributed by atoms with Gasteiger partial charge in [0, 0.05) is 16.9 Å². The third-order valence-electron chi connectivity index (χ3n) is 5.53. The van der Waals surface area contributed by atoms with Crippen molar-refractivity contribution in [1.29, 1.82) is 5.26 Å². The lowest BCUT2D eigenvalue weighted by atomic mass is 10.1. The molecule has 4 N–H and O–H groups in total. The number of nitrogens with two attached hydrogens (primary N) is 1. The van der Waals surface area contributed by atoms with Gasteiger partial charge < -0.3 is 16.4 Å². The van der Waals surface area contributed by atoms with Crippen LogP contribution in [0.1, 0.15) is 21.5 Å². The maximum absolute atomic E-state index is 13.5. The number of fused-ring (bicyclic) bond motifs is 1. The number of aryl methyl sites for hydroxylation is 1. The van der Waals surface area contributed by atoms with Crippen molar-refractivity contribution >= 4 is 34.6 Å². The first-order valence-electron chi connectivity index (χ1n) is 10.9. The lowest BCUT2D eigenvalue weighted by Gasteiger charge is -2.09. The summed E-state index contributed by atoms with van der Waals surface area (Å²) in [6.45, 7) is 1.98. The van der Waals surface area contributed by atoms with Crippen molar-refractivity contribution in [2.75, 3.05) is 16.4 Å². The zero-order chi connectivity index (χ0) is 24.4. The second kappa shape index (κ2) is 9.00. The minimum absolute atomic E-state index is 0.0989. The first-order chi connectivity index (χ1) is 17.0. The second-order valence-corrected chi connectivity index (χ2v) is 7.97. The average Bonchev–Trinajstić information content (AvgIpc) is 3.24. The molecule has 0 saturated carbocycles. The van der Waals surface area contributed by atoms with Crippen LogP contribution >= 0.6 is 0 Å². The van der Waals surface area contributed by atoms with E-state index < -0.39 is 5.91 Å². The van der Waals surface area contributed by atoms with Gasteiger partial charge in [-0.3, -0.25) is 4.79 Å². The molecule has 0 bridgehead atoms. The predicted octanol–water partition coefficient (Wildman–Crippen LogP) is 5.15. The topological polar surface area (TPSA) is 121 Å². The summed E-state index contributed by atoms with van der Waals surface area (Å²) in [7, 11) is 0. The number of amides is 1. The third kappa shape index (κ3) is 4.14. The van der Waals surface area contributed by atoms with E-state index in [1.807, 2.05) is 91.9 Å². The Morgan fingerprint density at radius 1 is 0.943 bits per heavy atom. The first kappa shape index (κ1) is 21.7. The van der Waals surface area contributed by atoms with E-state index in [0.29, 0.717) is 16.9 Å². The number of benzene rings is 3. The smallest absolute Gasteiger partial charge is 0.263 e. The summed E-state index contributed by atoms with van der Waals surface area (Å²) < 4.78 is 1.33. The molecule has 8 heteroatoms. The number of nitriles is 1. The van der Waals surface area contributed by atoms with Gasteiger partial charge in [0.15, 0.2) is 11.5 Å². The predicted molar refractivity (Wildman–Crippen MR) is 136 cm³/mol. The number of aromatic nitrogens is 3. The van der Waals surface area contributed by atoms with Gasteiger partial charge >= 0.3 is 0 Å². The highest BCUT2D eigenvalue weighted by Crippen LogP contribution is 2.31. The van der Waals surface area contributed by atoms with Gasteiger partial charge in [-0.15, -0.1) is 5.10 Å². The van der Waals surface area contributed by atoms with E-state index >= 15 is 0 Å². The molecule has 0 fully saturated rings. The molecular formula is C27H21N7O. The molecule has 3 aromatic carbocycles. The Labute approximate surface area is 201 Å². The summed E-state index contributed by atoms with van der Waals surface area (Å²) in [4.78, 5) is 18.3. The number of nitrogens with zero attached hydrogens (tertiary/aromatic N) is 4. The Balaban J connectivity index is 1.71. The van der Waals surface area contributed by atoms with Crippen LogP contribution in [0.5, 0.6) is 0 Å². The van der Waals surface area contributed by atoms with Crippen LogP contribution in [0.25, 0.3) is 16.9 Å². The lowest BCUT2D eigenvalue weighted by molar-refractivity contribution is 0.102. The molecule has 0 saturated heterocycles. The molecular weight excluding hydrogens is 438 g/mol. The van der Waals surface area contributed by atoms with Gasteiger partial charge in [0.2, 0.25) is 0 Å². The normalized spacial score (nSPS) is 10.6. The Morgan fingerprint density at radius 3 is 2.26 bits per heavy atom. The summed E-state index contributed by atoms with van der Waals surface area (Å²) in [6, 6.07) is 28.2. The number of rotatable bonds is 5. The maximum atomic E-state index is 13.5. The number of hydrogen-bond donors (Lipinski definition) is 3. The number of nitrogen functional groups attached to an aromatic ring is 1. The molecule has 0 radical (unpaired) electrons. The zero-order valence-electron chi connectivity index (χ0n) is 18.9. The molecule has 0 aliphatic heterocycles. The number of carbonyl (C=O) groups excluding carboxylic acids is 1. The molecule has 35 heavy (non-hydrogen) atoms. The van der Waals surface area contributed by atoms with Crippen LogP contribution in [0.2, 0.25) is 0 Å². The largest absolute Gasteiger partial charge is 0.382 e. The Hall–Kier alpha value is -5.16. The molecule has 2 heterocycles. The molecule has 170 valence electrons. The second-order valence-electron chi connectivity index (χ2n) is 7.97. The van der Waals surface area contributed by atoms with Crippen molar-refractivity contribution in [3.63, 3.8) is 0 Å². The van der Waals surface area contributed by atoms with E-state index in [1.54, 1.807) is 0 Å². The Morgan fingerprint density at radius 2 is 1.60 bits per heavy atom. The SMILES string of the molecule is Cc1ccc(NC(=O)c2c(Nc3ccccc3)nn3c(N)c(C#N)c(-c4ccccc4)nc23)cc1. The Bertz CT molecular complexity index is 1570. The van der Waals surface area contributed by atoms with Gasteiger partial charge in [-0.2, -0.15) is 9.78 Å². The number of hydrogen-bond acceptors (Lipinski definition) is 6. The van der Waals surface area contributed by atoms with Gasteiger partial charge in [-0.25, -0.2) is 4.98 Å². The molecule has 0 unspecified atom stereocenters. The number of anilines is 4. The molecule has 8 nitrogen and oxygen atoms in total. The molecule has 0 aliphatic rings. The first-order valence-corrected chi connectivity index (χ1v) is 10.9. The van der Waals surface area contributed by atoms with Gasteiger partial charge in [-0.05, 0) is 31.2 Å². The van der Waals surface area contributed by atoms with Crippen molar-refractivity contribution in [1.82, 2.24) is 14.6 Å². The highest BCUT2D eigenvalue weighted by molar-refractivity contribution is 6.12. The van der Waals surface area contributed by atoms with Crippen LogP contribution in [0.3, 0.4) is 0 Å². The van der Waals surface area contributed by atoms with E-state index in [2.05, 4.69) is 21.8 Å². The monoisotopic (exact) mass is 459 g/mol. The van der Waals surface area contributed by atoms with Crippen LogP contribution < -0.4 is 16.4 Å². The van der Waals surface area contributed by atoms with Gasteiger partial charge in [0.1, 0.15) is 23.0 Å². The fourth-order valence-electron chi connectivity index (χ4n) is 3.77. The van der Waals surface area contributed by atoms with Crippen molar-refractivity contribution in [2.24, 2.45) is 0 Å². The average molecular weight is 460 g/mol. The standard InChI is InChI=1S/C27H21N7O/c1-17-12-14-20(15-13-17)31-27(35)22-25(30-19-10-6-3-7-11-19)33-34-24(29)21(16-28)23(32-26(22)34)18-8-4-2-5-9-18/h2-15H,29H2,1H3,(H,30,33)(H,31,35). The minimum atomic E-state index is -0.405. The molecule has 0 spiro atoms. The fraction of sp³-hybridized carbons (Fsp3) is 0.0370. The van der Waals surface area contributed by atoms with Crippen molar-refractivity contribution in [3.05, 3.63) is 102 Å². The van der Waals surface area contributed by atoms with E-state index in [4.69, 9.17) is 10.7 Å². The summed E-state index contributed by atoms with van der Waals surface area (Å²) in [5.41, 5.74) is 10.6. The molecule has 0 atom stereocenters. The third-order valence-corrected chi connectivity index (χ3v) is 5.53. The van der Waals surface area contributed by atoms with Crippen LogP contribution in [-0.2, 0) is 0 Å².